The summed E-state index contributed by atoms with van der Waals surface area (Å²) in [6.07, 6.45) is 13.4. The molecule has 0 aliphatic carbocycles. The van der Waals surface area contributed by atoms with E-state index in [1.54, 1.807) is 13.8 Å². The average molecular weight is 901 g/mol. The van der Waals surface area contributed by atoms with E-state index in [2.05, 4.69) is 26.6 Å². The van der Waals surface area contributed by atoms with Crippen molar-refractivity contribution in [3.8, 4) is 0 Å². The van der Waals surface area contributed by atoms with E-state index in [4.69, 9.17) is 10.8 Å². The number of carboxylic acids is 3. The van der Waals surface area contributed by atoms with Crippen LogP contribution in [0, 0.1) is 0 Å². The fraction of sp³-hybridized carbons (Fsp3) is 0.767. The second-order valence-corrected chi connectivity index (χ2v) is 16.3. The quantitative estimate of drug-likeness (QED) is 0.0312. The van der Waals surface area contributed by atoms with Crippen molar-refractivity contribution < 1.29 is 67.7 Å². The number of nitrogens with two attached hydrogens (primary N) is 1. The lowest BCUT2D eigenvalue weighted by atomic mass is 10.0. The van der Waals surface area contributed by atoms with Gasteiger partial charge in [-0.2, -0.15) is 4.39 Å². The highest BCUT2D eigenvalue weighted by atomic mass is 19.1. The van der Waals surface area contributed by atoms with Gasteiger partial charge < -0.3 is 47.6 Å². The van der Waals surface area contributed by atoms with Gasteiger partial charge in [-0.3, -0.25) is 38.4 Å². The maximum Gasteiger partial charge on any atom is 0.326 e. The third-order valence-corrected chi connectivity index (χ3v) is 10.3. The Morgan fingerprint density at radius 2 is 0.683 bits per heavy atom. The molecule has 0 fully saturated rings. The van der Waals surface area contributed by atoms with Crippen LogP contribution in [0.4, 0.5) is 4.39 Å². The molecular weight excluding hydrogens is 827 g/mol. The molecule has 0 heterocycles. The van der Waals surface area contributed by atoms with E-state index < -0.39 is 89.6 Å². The average Bonchev–Trinajstić information content (AvgIpc) is 3.20. The fourth-order valence-electron chi connectivity index (χ4n) is 6.61. The molecule has 0 aliphatic rings. The predicted octanol–water partition coefficient (Wildman–Crippen LogP) is 3.83. The summed E-state index contributed by atoms with van der Waals surface area (Å²) in [5, 5.41) is 40.1. The molecule has 5 unspecified atom stereocenters. The molecule has 0 aromatic heterocycles. The smallest absolute Gasteiger partial charge is 0.326 e. The Kier molecular flexibility index (Phi) is 32.4. The Morgan fingerprint density at radius 3 is 1.02 bits per heavy atom. The van der Waals surface area contributed by atoms with Crippen LogP contribution in [0.5, 0.6) is 0 Å². The monoisotopic (exact) mass is 901 g/mol. The van der Waals surface area contributed by atoms with Crippen LogP contribution in [0.25, 0.3) is 0 Å². The minimum absolute atomic E-state index is 0.0949. The highest BCUT2D eigenvalue weighted by Crippen LogP contribution is 2.14. The first-order chi connectivity index (χ1) is 29.8. The van der Waals surface area contributed by atoms with Gasteiger partial charge in [-0.1, -0.05) is 77.0 Å². The number of nitrogens with one attached hydrogen (secondary N) is 5. The molecule has 0 rings (SSSR count). The van der Waals surface area contributed by atoms with Gasteiger partial charge in [-0.15, -0.1) is 0 Å². The number of hydrogen-bond acceptors (Lipinski definition) is 10. The number of rotatable bonds is 40. The van der Waals surface area contributed by atoms with E-state index in [9.17, 15) is 62.5 Å². The van der Waals surface area contributed by atoms with Crippen LogP contribution in [0.2, 0.25) is 0 Å². The zero-order valence-electron chi connectivity index (χ0n) is 37.2. The Morgan fingerprint density at radius 1 is 0.397 bits per heavy atom. The molecule has 0 radical (unpaired) electrons. The van der Waals surface area contributed by atoms with Crippen molar-refractivity contribution in [1.82, 2.24) is 26.6 Å². The highest BCUT2D eigenvalue weighted by molar-refractivity contribution is 5.86. The van der Waals surface area contributed by atoms with Crippen LogP contribution >= 0.6 is 0 Å². The number of hydrogen-bond donors (Lipinski definition) is 9. The molecule has 5 atom stereocenters. The molecule has 10 N–H and O–H groups in total. The first kappa shape index (κ1) is 57.8. The van der Waals surface area contributed by atoms with Crippen LogP contribution in [-0.2, 0) is 47.9 Å². The minimum atomic E-state index is -1.83. The maximum atomic E-state index is 13.2. The second kappa shape index (κ2) is 35.3. The Hall–Kier alpha value is -5.17. The zero-order chi connectivity index (χ0) is 47.6. The first-order valence-corrected chi connectivity index (χ1v) is 22.4. The van der Waals surface area contributed by atoms with Crippen LogP contribution in [0.15, 0.2) is 0 Å². The van der Waals surface area contributed by atoms with E-state index in [-0.39, 0.29) is 77.0 Å². The third kappa shape index (κ3) is 34.1. The molecule has 0 aromatic carbocycles. The number of carboxylic acid groups (broad SMARTS) is 3. The fourth-order valence-corrected chi connectivity index (χ4v) is 6.61. The van der Waals surface area contributed by atoms with Gasteiger partial charge in [0.25, 0.3) is 0 Å². The van der Waals surface area contributed by atoms with E-state index >= 15 is 0 Å². The van der Waals surface area contributed by atoms with Crippen molar-refractivity contribution >= 4 is 59.4 Å². The first-order valence-electron chi connectivity index (χ1n) is 22.4. The molecule has 6 amide bonds. The molecule has 0 aromatic rings. The maximum absolute atomic E-state index is 13.2. The highest BCUT2D eigenvalue weighted by Gasteiger charge is 2.25. The van der Waals surface area contributed by atoms with E-state index in [1.807, 2.05) is 0 Å². The number of amides is 6. The molecule has 20 heteroatoms. The molecule has 0 bridgehead atoms. The van der Waals surface area contributed by atoms with Crippen LogP contribution in [-0.4, -0.2) is 105 Å². The summed E-state index contributed by atoms with van der Waals surface area (Å²) in [6, 6.07) is -7.09. The molecule has 19 nitrogen and oxygen atoms in total. The second-order valence-electron chi connectivity index (χ2n) is 16.3. The standard InChI is InChI=1S/C43H73FN6O13/c1-29(19-25-38(55)48-31(41(44)59)21-24-34(45)51)46-37(54)28-23-33(43(62)63)50-39(56)26-20-30(2)47-36(53)27-22-32(42(60)61)49-35(52)17-15-13-11-9-7-5-3-4-6-8-10-12-14-16-18-40(57)58/h29-33H,3-28H2,1-2H3,(H2,45,51)(H,46,54)(H,47,53)(H,48,55)(H,49,52)(H,50,56)(H,57,58)(H,60,61)(H,62,63). The summed E-state index contributed by atoms with van der Waals surface area (Å²) in [4.78, 5) is 118. The van der Waals surface area contributed by atoms with Crippen LogP contribution in [0.1, 0.15) is 181 Å². The molecule has 0 aliphatic heterocycles. The number of carbonyl (C=O) groups excluding carboxylic acids is 7. The zero-order valence-corrected chi connectivity index (χ0v) is 37.2. The van der Waals surface area contributed by atoms with Gasteiger partial charge in [0, 0.05) is 57.0 Å². The molecule has 0 saturated carbocycles. The topological polar surface area (TPSA) is 318 Å². The predicted molar refractivity (Wildman–Crippen MR) is 229 cm³/mol. The van der Waals surface area contributed by atoms with E-state index in [0.29, 0.717) is 6.42 Å². The van der Waals surface area contributed by atoms with Crippen molar-refractivity contribution in [3.05, 3.63) is 0 Å². The molecule has 0 saturated heterocycles. The van der Waals surface area contributed by atoms with Crippen molar-refractivity contribution in [2.45, 2.75) is 211 Å². The molecular formula is C43H73FN6O13. The molecule has 63 heavy (non-hydrogen) atoms. The van der Waals surface area contributed by atoms with Gasteiger partial charge in [0.2, 0.25) is 35.4 Å². The largest absolute Gasteiger partial charge is 0.481 e. The lowest BCUT2D eigenvalue weighted by molar-refractivity contribution is -0.142. The Bertz CT molecular complexity index is 1470. The number of unbranched alkanes of at least 4 members (excludes halogenated alkanes) is 13. The lowest BCUT2D eigenvalue weighted by Crippen LogP contribution is -2.43. The van der Waals surface area contributed by atoms with E-state index in [1.165, 1.54) is 25.7 Å². The summed E-state index contributed by atoms with van der Waals surface area (Å²) in [5.41, 5.74) is 4.99. The van der Waals surface area contributed by atoms with E-state index in [0.717, 1.165) is 57.8 Å². The van der Waals surface area contributed by atoms with Gasteiger partial charge in [0.15, 0.2) is 0 Å². The summed E-state index contributed by atoms with van der Waals surface area (Å²) in [6.45, 7) is 3.19. The normalized spacial score (nSPS) is 13.3. The van der Waals surface area contributed by atoms with Crippen molar-refractivity contribution in [3.63, 3.8) is 0 Å². The third-order valence-electron chi connectivity index (χ3n) is 10.3. The summed E-state index contributed by atoms with van der Waals surface area (Å²) in [7, 11) is 0. The summed E-state index contributed by atoms with van der Waals surface area (Å²) >= 11 is 0. The number of halogens is 1. The van der Waals surface area contributed by atoms with Crippen molar-refractivity contribution in [1.29, 1.82) is 0 Å². The Labute approximate surface area is 369 Å². The summed E-state index contributed by atoms with van der Waals surface area (Å²) < 4.78 is 13.2. The van der Waals surface area contributed by atoms with Gasteiger partial charge >= 0.3 is 23.9 Å². The minimum Gasteiger partial charge on any atom is -0.481 e. The van der Waals surface area contributed by atoms with Crippen LogP contribution < -0.4 is 32.3 Å². The number of primary amides is 1. The van der Waals surface area contributed by atoms with Gasteiger partial charge in [-0.05, 0) is 58.8 Å². The summed E-state index contributed by atoms with van der Waals surface area (Å²) in [5.74, 6) is -6.91. The van der Waals surface area contributed by atoms with Crippen LogP contribution in [0.3, 0.4) is 0 Å². The number of aliphatic carboxylic acids is 3. The molecule has 360 valence electrons. The van der Waals surface area contributed by atoms with Crippen molar-refractivity contribution in [2.75, 3.05) is 0 Å². The van der Waals surface area contributed by atoms with Gasteiger partial charge in [0.1, 0.15) is 18.1 Å². The molecule has 0 spiro atoms. The lowest BCUT2D eigenvalue weighted by Gasteiger charge is -2.18. The SMILES string of the molecule is CC(CCC(=O)NC(CCC(=O)NC(C)CCC(=O)NC(CCC(N)=O)C(=O)F)C(=O)O)NC(=O)CCC(NC(=O)CCCCCCCCCCCCCCCCC(=O)O)C(=O)O. The number of carbonyl (C=O) groups is 10. The van der Waals surface area contributed by atoms with Gasteiger partial charge in [0.05, 0.1) is 0 Å². The van der Waals surface area contributed by atoms with Crippen molar-refractivity contribution in [2.24, 2.45) is 5.73 Å². The Balaban J connectivity index is 4.32. The van der Waals surface area contributed by atoms with Gasteiger partial charge in [-0.25, -0.2) is 9.59 Å².